The van der Waals surface area contributed by atoms with Gasteiger partial charge in [0.2, 0.25) is 0 Å². The SMILES string of the molecule is O.O.O.[Cl][Sm]([Cl])[Cl]. The van der Waals surface area contributed by atoms with Crippen molar-refractivity contribution in [2.75, 3.05) is 0 Å². The molecule has 7 heteroatoms. The van der Waals surface area contributed by atoms with Crippen molar-refractivity contribution in [1.82, 2.24) is 0 Å². The Bertz CT molecular complexity index is 14.9. The molecule has 51 valence electrons. The van der Waals surface area contributed by atoms with Crippen LogP contribution in [0.1, 0.15) is 0 Å². The van der Waals surface area contributed by atoms with Crippen molar-refractivity contribution in [2.45, 2.75) is 0 Å². The molecule has 0 unspecified atom stereocenters. The van der Waals surface area contributed by atoms with Gasteiger partial charge in [0.05, 0.1) is 0 Å². The molecule has 0 saturated heterocycles. The molecule has 7 heavy (non-hydrogen) atoms. The van der Waals surface area contributed by atoms with Crippen LogP contribution in [0.4, 0.5) is 0 Å². The van der Waals surface area contributed by atoms with Crippen LogP contribution in [0.25, 0.3) is 0 Å². The van der Waals surface area contributed by atoms with E-state index >= 15 is 0 Å². The van der Waals surface area contributed by atoms with Gasteiger partial charge in [-0.15, -0.1) is 0 Å². The van der Waals surface area contributed by atoms with E-state index in [0.717, 1.165) is 0 Å². The minimum atomic E-state index is -2.11. The second-order valence-electron chi connectivity index (χ2n) is 0.175. The van der Waals surface area contributed by atoms with Crippen LogP contribution in [-0.2, 0) is 0 Å². The third-order valence-electron chi connectivity index (χ3n) is 0. The van der Waals surface area contributed by atoms with Crippen LogP contribution >= 0.6 is 17.7 Å². The van der Waals surface area contributed by atoms with E-state index in [2.05, 4.69) is 0 Å². The van der Waals surface area contributed by atoms with Crippen LogP contribution in [0.3, 0.4) is 0 Å². The summed E-state index contributed by atoms with van der Waals surface area (Å²) in [5, 5.41) is 0. The van der Waals surface area contributed by atoms with E-state index in [1.165, 1.54) is 0 Å². The normalized spacial score (nSPS) is 5.14. The van der Waals surface area contributed by atoms with Gasteiger partial charge in [-0.25, -0.2) is 0 Å². The zero-order chi connectivity index (χ0) is 3.58. The molecule has 0 aliphatic carbocycles. The second kappa shape index (κ2) is 15.7. The van der Waals surface area contributed by atoms with E-state index in [0.29, 0.717) is 0 Å². The third-order valence-corrected chi connectivity index (χ3v) is 0. The molecule has 0 bridgehead atoms. The fourth-order valence-electron chi connectivity index (χ4n) is 0. The molecule has 0 amide bonds. The topological polar surface area (TPSA) is 94.5 Å². The molecule has 0 aromatic heterocycles. The Kier molecular flexibility index (Phi) is 51.5. The first-order valence-electron chi connectivity index (χ1n) is 0.463. The molecule has 3 nitrogen and oxygen atoms in total. The molecule has 6 N–H and O–H groups in total. The number of halogens is 3. The van der Waals surface area contributed by atoms with Gasteiger partial charge in [0.15, 0.2) is 0 Å². The summed E-state index contributed by atoms with van der Waals surface area (Å²) in [6.07, 6.45) is 0. The van der Waals surface area contributed by atoms with Gasteiger partial charge in [0.25, 0.3) is 0 Å². The van der Waals surface area contributed by atoms with Crippen molar-refractivity contribution in [2.24, 2.45) is 0 Å². The van der Waals surface area contributed by atoms with Gasteiger partial charge < -0.3 is 16.4 Å². The maximum atomic E-state index is 5.00. The standard InChI is InChI=1S/3ClH.3H2O.Sm/h3*1H;3*1H2;/q;;;;;;+3/p-3. The van der Waals surface area contributed by atoms with Crippen molar-refractivity contribution >= 4 is 17.7 Å². The molecule has 0 heterocycles. The molecule has 0 rings (SSSR count). The maximum absolute atomic E-state index is 5.00. The number of hydrogen-bond donors (Lipinski definition) is 0. The first-order chi connectivity index (χ1) is 1.73. The van der Waals surface area contributed by atoms with Gasteiger partial charge in [0, 0.05) is 0 Å². The van der Waals surface area contributed by atoms with Gasteiger partial charge in [-0.3, -0.25) is 0 Å². The summed E-state index contributed by atoms with van der Waals surface area (Å²) in [6.45, 7) is 0. The predicted octanol–water partition coefficient (Wildman–Crippen LogP) is -0.406. The average Bonchev–Trinajstić information content (AvgIpc) is 0.811. The Morgan fingerprint density at radius 1 is 0.714 bits per heavy atom. The van der Waals surface area contributed by atoms with Gasteiger partial charge in [0.1, 0.15) is 0 Å². The molecule has 0 fully saturated rings. The summed E-state index contributed by atoms with van der Waals surface area (Å²) < 4.78 is 0. The number of rotatable bonds is 0. The fourth-order valence-corrected chi connectivity index (χ4v) is 0. The second-order valence-corrected chi connectivity index (χ2v) is 11.7. The Labute approximate surface area is 62.5 Å². The summed E-state index contributed by atoms with van der Waals surface area (Å²) in [7, 11) is 0. The molecule has 0 aromatic rings. The molecule has 0 spiro atoms. The van der Waals surface area contributed by atoms with E-state index in [9.17, 15) is 0 Å². The third kappa shape index (κ3) is 68.8. The molecule has 0 atom stereocenters. The molecule has 0 saturated carbocycles. The van der Waals surface area contributed by atoms with E-state index in [4.69, 9.17) is 17.7 Å². The first-order valence-corrected chi connectivity index (χ1v) is 10.3. The predicted molar refractivity (Wildman–Crippen MR) is 28.4 cm³/mol. The Balaban J connectivity index is -0.0000000150. The van der Waals surface area contributed by atoms with Crippen molar-refractivity contribution < 1.29 is 46.0 Å². The Morgan fingerprint density at radius 2 is 0.714 bits per heavy atom. The van der Waals surface area contributed by atoms with Gasteiger partial charge in [-0.05, 0) is 0 Å². The van der Waals surface area contributed by atoms with Gasteiger partial charge >= 0.3 is 47.2 Å². The molecular weight excluding hydrogens is 305 g/mol. The molecule has 0 radical (unpaired) electrons. The van der Waals surface area contributed by atoms with Crippen LogP contribution in [0.5, 0.6) is 0 Å². The van der Waals surface area contributed by atoms with Crippen LogP contribution in [0.15, 0.2) is 0 Å². The summed E-state index contributed by atoms with van der Waals surface area (Å²) in [6, 6.07) is 0. The van der Waals surface area contributed by atoms with Crippen molar-refractivity contribution in [3.8, 4) is 0 Å². The first kappa shape index (κ1) is 23.0. The van der Waals surface area contributed by atoms with Gasteiger partial charge in [-0.2, -0.15) is 0 Å². The van der Waals surface area contributed by atoms with Crippen LogP contribution in [-0.4, -0.2) is 16.4 Å². The van der Waals surface area contributed by atoms with Crippen LogP contribution < -0.4 is 0 Å². The van der Waals surface area contributed by atoms with E-state index in [1.54, 1.807) is 0 Å². The Hall–Kier alpha value is 2.09. The van der Waals surface area contributed by atoms with E-state index < -0.39 is 29.6 Å². The summed E-state index contributed by atoms with van der Waals surface area (Å²) in [5.74, 6) is 15.0. The quantitative estimate of drug-likeness (QED) is 0.582. The number of hydrogen-bond acceptors (Lipinski definition) is 0. The van der Waals surface area contributed by atoms with Crippen LogP contribution in [0, 0.1) is 29.6 Å². The fraction of sp³-hybridized carbons (Fsp3) is 0. The summed E-state index contributed by atoms with van der Waals surface area (Å²) in [5.41, 5.74) is 0. The summed E-state index contributed by atoms with van der Waals surface area (Å²) >= 11 is -2.11. The van der Waals surface area contributed by atoms with Crippen molar-refractivity contribution in [1.29, 1.82) is 0 Å². The monoisotopic (exact) mass is 311 g/mol. The zero-order valence-electron chi connectivity index (χ0n) is 3.04. The van der Waals surface area contributed by atoms with Crippen molar-refractivity contribution in [3.63, 3.8) is 0 Å². The summed E-state index contributed by atoms with van der Waals surface area (Å²) in [4.78, 5) is 0. The minimum absolute atomic E-state index is 0. The molecule has 0 aliphatic rings. The van der Waals surface area contributed by atoms with Crippen LogP contribution in [0.2, 0.25) is 0 Å². The molecule has 0 aliphatic heterocycles. The Morgan fingerprint density at radius 3 is 0.714 bits per heavy atom. The van der Waals surface area contributed by atoms with Gasteiger partial charge in [-0.1, -0.05) is 0 Å². The molecular formula is H6Cl3O3Sm. The average molecular weight is 311 g/mol. The van der Waals surface area contributed by atoms with E-state index in [1.807, 2.05) is 0 Å². The zero-order valence-corrected chi connectivity index (χ0v) is 7.93. The van der Waals surface area contributed by atoms with E-state index in [-0.39, 0.29) is 16.4 Å². The van der Waals surface area contributed by atoms with Crippen molar-refractivity contribution in [3.05, 3.63) is 0 Å². The molecule has 0 aromatic carbocycles.